The van der Waals surface area contributed by atoms with Crippen molar-refractivity contribution in [2.45, 2.75) is 5.60 Å². The van der Waals surface area contributed by atoms with Crippen LogP contribution in [0.2, 0.25) is 0 Å². The summed E-state index contributed by atoms with van der Waals surface area (Å²) in [5, 5.41) is 43.9. The first-order chi connectivity index (χ1) is 15.6. The van der Waals surface area contributed by atoms with Crippen molar-refractivity contribution in [1.29, 1.82) is 0 Å². The number of phenolic OH excluding ortho intramolecular Hbond substituents is 2. The van der Waals surface area contributed by atoms with Crippen molar-refractivity contribution in [2.24, 2.45) is 0 Å². The molecule has 3 aromatic rings. The van der Waals surface area contributed by atoms with Gasteiger partial charge in [0.2, 0.25) is 11.5 Å². The number of fused-ring (bicyclic) bond motifs is 6. The molecule has 0 amide bonds. The fourth-order valence-electron chi connectivity index (χ4n) is 4.08. The maximum absolute atomic E-state index is 12.8. The minimum absolute atomic E-state index is 0. The van der Waals surface area contributed by atoms with Crippen LogP contribution in [0.25, 0.3) is 0 Å². The SMILES string of the molecule is O=C1OC2(c3ccccc31)c1cc([N+](=O)[O-])c(O)c(Br)c1Oc1c2cc([N+](=O)[O-])c(O)c1Br.[H-].[H-].[Na+].[Na+]. The van der Waals surface area contributed by atoms with E-state index in [1.54, 1.807) is 12.1 Å². The summed E-state index contributed by atoms with van der Waals surface area (Å²) < 4.78 is 11.2. The van der Waals surface area contributed by atoms with Crippen LogP contribution in [0, 0.1) is 20.2 Å². The summed E-state index contributed by atoms with van der Waals surface area (Å²) in [4.78, 5) is 34.4. The third-order valence-corrected chi connectivity index (χ3v) is 6.95. The van der Waals surface area contributed by atoms with E-state index in [0.29, 0.717) is 0 Å². The maximum Gasteiger partial charge on any atom is 1.00 e. The molecule has 0 fully saturated rings. The predicted octanol–water partition coefficient (Wildman–Crippen LogP) is -0.760. The van der Waals surface area contributed by atoms with Gasteiger partial charge < -0.3 is 22.5 Å². The van der Waals surface area contributed by atoms with Gasteiger partial charge in [0.25, 0.3) is 0 Å². The maximum atomic E-state index is 12.8. The van der Waals surface area contributed by atoms with E-state index in [1.807, 2.05) is 0 Å². The summed E-state index contributed by atoms with van der Waals surface area (Å²) in [5.74, 6) is -2.52. The number of nitrogens with zero attached hydrogens (tertiary/aromatic N) is 2. The molecule has 3 aromatic carbocycles. The minimum Gasteiger partial charge on any atom is -1.00 e. The molecule has 0 saturated carbocycles. The second kappa shape index (κ2) is 9.63. The Morgan fingerprint density at radius 1 is 0.857 bits per heavy atom. The number of benzene rings is 3. The Morgan fingerprint density at radius 3 is 1.77 bits per heavy atom. The first-order valence-electron chi connectivity index (χ1n) is 9.01. The normalized spacial score (nSPS) is 13.8. The van der Waals surface area contributed by atoms with Crippen molar-refractivity contribution in [3.63, 3.8) is 0 Å². The van der Waals surface area contributed by atoms with Crippen LogP contribution in [0.15, 0.2) is 45.3 Å². The van der Waals surface area contributed by atoms with Crippen LogP contribution in [-0.2, 0) is 10.3 Å². The van der Waals surface area contributed by atoms with Gasteiger partial charge in [0.05, 0.1) is 26.5 Å². The molecule has 0 radical (unpaired) electrons. The molecule has 2 heterocycles. The second-order valence-corrected chi connectivity index (χ2v) is 8.69. The van der Waals surface area contributed by atoms with E-state index in [1.165, 1.54) is 12.1 Å². The summed E-state index contributed by atoms with van der Waals surface area (Å²) in [6.07, 6.45) is 0. The van der Waals surface area contributed by atoms with Crippen LogP contribution in [-0.4, -0.2) is 26.0 Å². The average molecular weight is 628 g/mol. The second-order valence-electron chi connectivity index (χ2n) is 7.10. The van der Waals surface area contributed by atoms with Gasteiger partial charge in [-0.3, -0.25) is 20.2 Å². The Labute approximate surface area is 259 Å². The first-order valence-corrected chi connectivity index (χ1v) is 10.6. The van der Waals surface area contributed by atoms with Gasteiger partial charge >= 0.3 is 76.5 Å². The number of nitro groups is 2. The Morgan fingerprint density at radius 2 is 1.31 bits per heavy atom. The van der Waals surface area contributed by atoms with Crippen LogP contribution in [0.1, 0.15) is 29.9 Å². The third-order valence-electron chi connectivity index (χ3n) is 5.48. The predicted molar refractivity (Wildman–Crippen MR) is 119 cm³/mol. The number of carbonyl (C=O) groups is 1. The summed E-state index contributed by atoms with van der Waals surface area (Å²) in [6, 6.07) is 8.18. The number of ether oxygens (including phenoxy) is 2. The number of nitro benzene ring substituents is 2. The molecule has 35 heavy (non-hydrogen) atoms. The zero-order valence-electron chi connectivity index (χ0n) is 19.9. The molecule has 2 N–H and O–H groups in total. The third kappa shape index (κ3) is 3.80. The smallest absolute Gasteiger partial charge is 1.00 e. The molecule has 2 aliphatic rings. The summed E-state index contributed by atoms with van der Waals surface area (Å²) in [7, 11) is 0. The molecule has 5 rings (SSSR count). The molecule has 0 bridgehead atoms. The van der Waals surface area contributed by atoms with Crippen LogP contribution in [0.5, 0.6) is 23.0 Å². The molecule has 1 spiro atoms. The van der Waals surface area contributed by atoms with E-state index in [4.69, 9.17) is 9.47 Å². The number of esters is 1. The summed E-state index contributed by atoms with van der Waals surface area (Å²) in [6.45, 7) is 0. The monoisotopic (exact) mass is 626 g/mol. The fourth-order valence-corrected chi connectivity index (χ4v) is 5.08. The zero-order chi connectivity index (χ0) is 23.8. The van der Waals surface area contributed by atoms with Crippen LogP contribution in [0.4, 0.5) is 11.4 Å². The number of carbonyl (C=O) groups excluding carboxylic acids is 1. The van der Waals surface area contributed by atoms with Gasteiger partial charge in [-0.2, -0.15) is 0 Å². The molecular weight excluding hydrogens is 618 g/mol. The van der Waals surface area contributed by atoms with E-state index in [-0.39, 0.29) is 105 Å². The Hall–Kier alpha value is -1.71. The molecule has 0 aliphatic carbocycles. The zero-order valence-corrected chi connectivity index (χ0v) is 25.0. The number of hydrogen-bond donors (Lipinski definition) is 2. The average Bonchev–Trinajstić information content (AvgIpc) is 3.07. The topological polar surface area (TPSA) is 162 Å². The summed E-state index contributed by atoms with van der Waals surface area (Å²) >= 11 is 6.19. The molecule has 170 valence electrons. The van der Waals surface area contributed by atoms with Crippen molar-refractivity contribution in [3.8, 4) is 23.0 Å². The van der Waals surface area contributed by atoms with Crippen molar-refractivity contribution >= 4 is 49.2 Å². The van der Waals surface area contributed by atoms with E-state index in [2.05, 4.69) is 31.9 Å². The molecule has 0 saturated heterocycles. The van der Waals surface area contributed by atoms with E-state index < -0.39 is 44.3 Å². The number of hydrogen-bond acceptors (Lipinski definition) is 9. The first kappa shape index (κ1) is 27.9. The van der Waals surface area contributed by atoms with Gasteiger partial charge in [0.15, 0.2) is 17.1 Å². The van der Waals surface area contributed by atoms with Crippen molar-refractivity contribution in [1.82, 2.24) is 0 Å². The fraction of sp³-hybridized carbons (Fsp3) is 0.0500. The Balaban J connectivity index is 0.00000171. The molecule has 11 nitrogen and oxygen atoms in total. The van der Waals surface area contributed by atoms with Gasteiger partial charge in [-0.25, -0.2) is 4.79 Å². The quantitative estimate of drug-likeness (QED) is 0.161. The van der Waals surface area contributed by atoms with E-state index >= 15 is 0 Å². The van der Waals surface area contributed by atoms with Crippen LogP contribution in [0.3, 0.4) is 0 Å². The van der Waals surface area contributed by atoms with E-state index in [9.17, 15) is 35.2 Å². The Kier molecular flexibility index (Phi) is 7.67. The molecular formula is C20H10Br2N2Na2O9. The van der Waals surface area contributed by atoms with Crippen molar-refractivity contribution in [2.75, 3.05) is 0 Å². The number of phenols is 2. The molecule has 15 heteroatoms. The summed E-state index contributed by atoms with van der Waals surface area (Å²) in [5.41, 5.74) is -3.03. The Bertz CT molecular complexity index is 1400. The minimum atomic E-state index is -1.90. The van der Waals surface area contributed by atoms with E-state index in [0.717, 1.165) is 12.1 Å². The molecule has 2 aliphatic heterocycles. The van der Waals surface area contributed by atoms with Gasteiger partial charge in [-0.15, -0.1) is 0 Å². The van der Waals surface area contributed by atoms with Crippen LogP contribution >= 0.6 is 31.9 Å². The standard InChI is InChI=1S/C20H8Br2N2O9.2Na.2H/c21-13-15(25)11(23(28)29)5-9-17(13)32-18-10(6-12(24(30)31)16(26)14(18)22)20(9)8-4-2-1-3-7(8)19(27)33-20;;;;/h1-6,25-26H;;;;/q;2*+1;2*-1. The number of rotatable bonds is 2. The van der Waals surface area contributed by atoms with Gasteiger partial charge in [0.1, 0.15) is 8.95 Å². The van der Waals surface area contributed by atoms with Crippen LogP contribution < -0.4 is 63.9 Å². The van der Waals surface area contributed by atoms with Gasteiger partial charge in [-0.05, 0) is 37.9 Å². The molecule has 0 unspecified atom stereocenters. The van der Waals surface area contributed by atoms with Gasteiger partial charge in [-0.1, -0.05) is 18.2 Å². The van der Waals surface area contributed by atoms with Crippen molar-refractivity contribution in [3.05, 3.63) is 87.8 Å². The molecule has 0 aromatic heterocycles. The van der Waals surface area contributed by atoms with Crippen molar-refractivity contribution < 1.29 is 96.3 Å². The van der Waals surface area contributed by atoms with Gasteiger partial charge in [0, 0.05) is 17.7 Å². The number of aromatic hydroxyl groups is 2. The molecule has 0 atom stereocenters. The largest absolute Gasteiger partial charge is 1.00 e. The number of halogens is 2.